The zero-order valence-corrected chi connectivity index (χ0v) is 16.6. The lowest BCUT2D eigenvalue weighted by atomic mass is 9.76. The second kappa shape index (κ2) is 6.47. The summed E-state index contributed by atoms with van der Waals surface area (Å²) in [6, 6.07) is 24.0. The third-order valence-corrected chi connectivity index (χ3v) is 6.16. The third kappa shape index (κ3) is 2.65. The topological polar surface area (TPSA) is 62.5 Å². The van der Waals surface area contributed by atoms with Crippen molar-refractivity contribution in [3.8, 4) is 0 Å². The molecule has 0 radical (unpaired) electrons. The number of benzene rings is 3. The van der Waals surface area contributed by atoms with E-state index >= 15 is 0 Å². The van der Waals surface area contributed by atoms with Crippen molar-refractivity contribution in [3.63, 3.8) is 0 Å². The maximum absolute atomic E-state index is 12.5. The van der Waals surface area contributed by atoms with Crippen molar-refractivity contribution >= 4 is 39.4 Å². The van der Waals surface area contributed by atoms with Gasteiger partial charge in [-0.15, -0.1) is 0 Å². The van der Waals surface area contributed by atoms with Crippen molar-refractivity contribution in [2.45, 2.75) is 12.0 Å². The van der Waals surface area contributed by atoms with Gasteiger partial charge in [0.05, 0.1) is 16.4 Å². The van der Waals surface area contributed by atoms with E-state index < -0.39 is 11.5 Å². The molecule has 1 aromatic heterocycles. The first-order valence-electron chi connectivity index (χ1n) is 10.3. The number of hydrogen-bond donors (Lipinski definition) is 1. The van der Waals surface area contributed by atoms with Gasteiger partial charge in [-0.3, -0.25) is 4.99 Å². The number of rotatable bonds is 2. The molecule has 1 atom stereocenters. The number of allylic oxidation sites excluding steroid dienone is 2. The first-order chi connectivity index (χ1) is 15.1. The molecule has 0 bridgehead atoms. The van der Waals surface area contributed by atoms with Gasteiger partial charge in [-0.05, 0) is 53.1 Å². The van der Waals surface area contributed by atoms with Crippen molar-refractivity contribution in [2.75, 3.05) is 0 Å². The summed E-state index contributed by atoms with van der Waals surface area (Å²) in [5.41, 5.74) is 3.17. The molecule has 4 aromatic rings. The number of aliphatic carboxylic acids is 1. The number of nitrogens with zero attached hydrogens (tertiary/aromatic N) is 2. The first-order valence-corrected chi connectivity index (χ1v) is 10.3. The summed E-state index contributed by atoms with van der Waals surface area (Å²) >= 11 is 0. The molecule has 0 fully saturated rings. The van der Waals surface area contributed by atoms with Gasteiger partial charge in [0.2, 0.25) is 0 Å². The van der Waals surface area contributed by atoms with Gasteiger partial charge < -0.3 is 5.11 Å². The summed E-state index contributed by atoms with van der Waals surface area (Å²) in [5, 5.41) is 14.0. The fourth-order valence-electron chi connectivity index (χ4n) is 4.60. The van der Waals surface area contributed by atoms with Crippen LogP contribution in [0.5, 0.6) is 0 Å². The largest absolute Gasteiger partial charge is 0.479 e. The summed E-state index contributed by atoms with van der Waals surface area (Å²) in [7, 11) is 0. The van der Waals surface area contributed by atoms with Crippen LogP contribution in [0.4, 0.5) is 0 Å². The molecule has 4 heteroatoms. The Bertz CT molecular complexity index is 1600. The number of para-hydroxylation sites is 2. The van der Waals surface area contributed by atoms with Crippen molar-refractivity contribution in [3.05, 3.63) is 107 Å². The minimum atomic E-state index is -1.30. The molecule has 31 heavy (non-hydrogen) atoms. The standard InChI is InChI=1S/C27H18N2O2/c30-26(31)27-13-5-8-21(22(27)16-19-7-2-4-10-25(19)29-27)17-11-12-24-20(14-17)15-18-6-1-3-9-23(18)28-24/h1-12,14-16H,13H2,(H,30,31). The molecule has 1 aliphatic heterocycles. The summed E-state index contributed by atoms with van der Waals surface area (Å²) < 4.78 is 0. The minimum absolute atomic E-state index is 0.339. The monoisotopic (exact) mass is 402 g/mol. The van der Waals surface area contributed by atoms with E-state index in [-0.39, 0.29) is 0 Å². The van der Waals surface area contributed by atoms with Gasteiger partial charge in [0.1, 0.15) is 0 Å². The predicted octanol–water partition coefficient (Wildman–Crippen LogP) is 4.04. The Morgan fingerprint density at radius 1 is 0.903 bits per heavy atom. The van der Waals surface area contributed by atoms with Crippen molar-refractivity contribution in [2.24, 2.45) is 4.99 Å². The molecular formula is C27H18N2O2. The van der Waals surface area contributed by atoms with Gasteiger partial charge in [-0.25, -0.2) is 9.78 Å². The highest BCUT2D eigenvalue weighted by Gasteiger charge is 2.44. The number of carbonyl (C=O) groups is 1. The highest BCUT2D eigenvalue weighted by Crippen LogP contribution is 2.40. The number of fused-ring (bicyclic) bond motifs is 4. The number of pyridine rings is 1. The molecule has 148 valence electrons. The highest BCUT2D eigenvalue weighted by molar-refractivity contribution is 6.00. The maximum Gasteiger partial charge on any atom is 0.336 e. The van der Waals surface area contributed by atoms with Gasteiger partial charge in [0, 0.05) is 22.4 Å². The zero-order valence-electron chi connectivity index (χ0n) is 16.6. The quantitative estimate of drug-likeness (QED) is 0.515. The smallest absolute Gasteiger partial charge is 0.336 e. The average Bonchev–Trinajstić information content (AvgIpc) is 2.80. The molecular weight excluding hydrogens is 384 g/mol. The van der Waals surface area contributed by atoms with Crippen LogP contribution in [0.15, 0.2) is 95.5 Å². The lowest BCUT2D eigenvalue weighted by molar-refractivity contribution is -0.141. The molecule has 6 rings (SSSR count). The zero-order chi connectivity index (χ0) is 21.0. The molecule has 0 saturated carbocycles. The van der Waals surface area contributed by atoms with E-state index in [9.17, 15) is 9.90 Å². The van der Waals surface area contributed by atoms with Crippen molar-refractivity contribution in [1.29, 1.82) is 0 Å². The molecule has 1 aliphatic carbocycles. The Morgan fingerprint density at radius 2 is 1.71 bits per heavy atom. The van der Waals surface area contributed by atoms with Crippen LogP contribution >= 0.6 is 0 Å². The fraction of sp³-hybridized carbons (Fsp3) is 0.0741. The molecule has 1 unspecified atom stereocenters. The first kappa shape index (κ1) is 17.8. The Balaban J connectivity index is 1.63. The lowest BCUT2D eigenvalue weighted by Crippen LogP contribution is -2.47. The summed E-state index contributed by atoms with van der Waals surface area (Å²) in [6.07, 6.45) is 6.26. The van der Waals surface area contributed by atoms with Crippen LogP contribution in [0.1, 0.15) is 12.0 Å². The maximum atomic E-state index is 12.5. The van der Waals surface area contributed by atoms with E-state index in [0.717, 1.165) is 49.1 Å². The van der Waals surface area contributed by atoms with E-state index in [4.69, 9.17) is 9.98 Å². The minimum Gasteiger partial charge on any atom is -0.479 e. The number of carboxylic acids is 1. The van der Waals surface area contributed by atoms with E-state index in [1.54, 1.807) is 0 Å². The van der Waals surface area contributed by atoms with Gasteiger partial charge in [0.15, 0.2) is 5.54 Å². The molecule has 0 amide bonds. The van der Waals surface area contributed by atoms with Crippen LogP contribution in [0.2, 0.25) is 0 Å². The average molecular weight is 402 g/mol. The Labute approximate surface area is 178 Å². The van der Waals surface area contributed by atoms with Crippen molar-refractivity contribution in [1.82, 2.24) is 4.98 Å². The number of aromatic nitrogens is 1. The van der Waals surface area contributed by atoms with Crippen LogP contribution < -0.4 is 10.6 Å². The molecule has 1 N–H and O–H groups in total. The van der Waals surface area contributed by atoms with Crippen LogP contribution in [-0.2, 0) is 4.79 Å². The second-order valence-corrected chi connectivity index (χ2v) is 8.00. The van der Waals surface area contributed by atoms with E-state index in [1.807, 2.05) is 72.8 Å². The Morgan fingerprint density at radius 3 is 2.61 bits per heavy atom. The van der Waals surface area contributed by atoms with Gasteiger partial charge >= 0.3 is 5.97 Å². The van der Waals surface area contributed by atoms with Crippen LogP contribution in [-0.4, -0.2) is 21.6 Å². The summed E-state index contributed by atoms with van der Waals surface area (Å²) in [6.45, 7) is 0. The summed E-state index contributed by atoms with van der Waals surface area (Å²) in [4.78, 5) is 22.0. The van der Waals surface area contributed by atoms with Gasteiger partial charge in [-0.1, -0.05) is 54.6 Å². The molecule has 0 spiro atoms. The molecule has 3 aromatic carbocycles. The summed E-state index contributed by atoms with van der Waals surface area (Å²) in [5.74, 6) is -0.927. The van der Waals surface area contributed by atoms with Crippen LogP contribution in [0.25, 0.3) is 33.5 Å². The van der Waals surface area contributed by atoms with Crippen LogP contribution in [0.3, 0.4) is 0 Å². The molecule has 2 heterocycles. The fourth-order valence-corrected chi connectivity index (χ4v) is 4.60. The second-order valence-electron chi connectivity index (χ2n) is 8.00. The lowest BCUT2D eigenvalue weighted by Gasteiger charge is -2.32. The predicted molar refractivity (Wildman–Crippen MR) is 122 cm³/mol. The number of hydrogen-bond acceptors (Lipinski definition) is 3. The molecule has 2 aliphatic rings. The van der Waals surface area contributed by atoms with Gasteiger partial charge in [0.25, 0.3) is 0 Å². The Kier molecular flexibility index (Phi) is 3.71. The Hall–Kier alpha value is -4.05. The van der Waals surface area contributed by atoms with E-state index in [2.05, 4.69) is 18.2 Å². The van der Waals surface area contributed by atoms with E-state index in [0.29, 0.717) is 6.42 Å². The SMILES string of the molecule is O=C(O)C12CC=CC(c3ccc4nc5ccccc5cc4c3)=C1C=c1ccccc1=N2. The molecule has 4 nitrogen and oxygen atoms in total. The van der Waals surface area contributed by atoms with E-state index in [1.165, 1.54) is 0 Å². The highest BCUT2D eigenvalue weighted by atomic mass is 16.4. The molecule has 0 saturated heterocycles. The van der Waals surface area contributed by atoms with Gasteiger partial charge in [-0.2, -0.15) is 0 Å². The van der Waals surface area contributed by atoms with Crippen molar-refractivity contribution < 1.29 is 9.90 Å². The van der Waals surface area contributed by atoms with Crippen LogP contribution in [0, 0.1) is 0 Å². The normalized spacial score (nSPS) is 19.5. The third-order valence-electron chi connectivity index (χ3n) is 6.16. The number of carboxylic acid groups (broad SMARTS) is 1.